The molecule has 100 valence electrons. The number of hydrogen-bond donors (Lipinski definition) is 1. The van der Waals surface area contributed by atoms with Crippen LogP contribution in [0.2, 0.25) is 0 Å². The quantitative estimate of drug-likeness (QED) is 0.849. The molecule has 0 spiro atoms. The molecular formula is C15H19N3S. The molecule has 19 heavy (non-hydrogen) atoms. The van der Waals surface area contributed by atoms with Crippen LogP contribution in [0.4, 0.5) is 0 Å². The zero-order chi connectivity index (χ0) is 12.9. The maximum Gasteiger partial charge on any atom is 0.0489 e. The van der Waals surface area contributed by atoms with Crippen LogP contribution in [0.3, 0.4) is 0 Å². The molecule has 1 aliphatic rings. The Bertz CT molecular complexity index is 510. The highest BCUT2D eigenvalue weighted by atomic mass is 32.2. The van der Waals surface area contributed by atoms with Gasteiger partial charge in [0.15, 0.2) is 0 Å². The molecule has 0 radical (unpaired) electrons. The van der Waals surface area contributed by atoms with Crippen molar-refractivity contribution in [3.63, 3.8) is 0 Å². The Morgan fingerprint density at radius 1 is 1.32 bits per heavy atom. The van der Waals surface area contributed by atoms with Gasteiger partial charge in [-0.15, -0.1) is 11.8 Å². The number of aromatic nitrogens is 2. The predicted molar refractivity (Wildman–Crippen MR) is 79.4 cm³/mol. The fourth-order valence-electron chi connectivity index (χ4n) is 2.50. The summed E-state index contributed by atoms with van der Waals surface area (Å²) in [5.41, 5.74) is 1.47. The summed E-state index contributed by atoms with van der Waals surface area (Å²) >= 11 is 1.98. The van der Waals surface area contributed by atoms with Gasteiger partial charge in [0.25, 0.3) is 0 Å². The minimum Gasteiger partial charge on any atom is -0.310 e. The molecule has 0 bridgehead atoms. The van der Waals surface area contributed by atoms with Gasteiger partial charge in [-0.25, -0.2) is 0 Å². The second-order valence-electron chi connectivity index (χ2n) is 4.80. The Labute approximate surface area is 118 Å². The molecule has 0 fully saturated rings. The molecule has 2 aromatic rings. The molecule has 4 heteroatoms. The number of benzene rings is 1. The monoisotopic (exact) mass is 273 g/mol. The van der Waals surface area contributed by atoms with Gasteiger partial charge >= 0.3 is 0 Å². The number of nitrogens with one attached hydrogen (secondary N) is 1. The molecule has 0 aliphatic carbocycles. The Balaban J connectivity index is 1.51. The third-order valence-corrected chi connectivity index (χ3v) is 4.60. The summed E-state index contributed by atoms with van der Waals surface area (Å²) in [5, 5.41) is 7.91. The van der Waals surface area contributed by atoms with E-state index in [1.165, 1.54) is 22.6 Å². The van der Waals surface area contributed by atoms with Gasteiger partial charge in [-0.3, -0.25) is 4.68 Å². The van der Waals surface area contributed by atoms with Crippen LogP contribution < -0.4 is 5.32 Å². The van der Waals surface area contributed by atoms with E-state index in [0.29, 0.717) is 6.04 Å². The molecule has 1 unspecified atom stereocenters. The lowest BCUT2D eigenvalue weighted by molar-refractivity contribution is 0.474. The van der Waals surface area contributed by atoms with Crippen molar-refractivity contribution in [3.8, 4) is 0 Å². The second kappa shape index (κ2) is 6.26. The fourth-order valence-corrected chi connectivity index (χ4v) is 3.63. The summed E-state index contributed by atoms with van der Waals surface area (Å²) in [4.78, 5) is 1.44. The van der Waals surface area contributed by atoms with Gasteiger partial charge < -0.3 is 5.32 Å². The van der Waals surface area contributed by atoms with E-state index in [0.717, 1.165) is 19.5 Å². The van der Waals surface area contributed by atoms with Crippen molar-refractivity contribution >= 4 is 11.8 Å². The number of hydrogen-bond acceptors (Lipinski definition) is 3. The van der Waals surface area contributed by atoms with Crippen LogP contribution in [0.5, 0.6) is 0 Å². The van der Waals surface area contributed by atoms with Crippen molar-refractivity contribution < 1.29 is 0 Å². The molecule has 0 amide bonds. The summed E-state index contributed by atoms with van der Waals surface area (Å²) in [6.45, 7) is 2.03. The molecular weight excluding hydrogens is 254 g/mol. The normalized spacial score (nSPS) is 18.2. The van der Waals surface area contributed by atoms with Gasteiger partial charge in [0.1, 0.15) is 0 Å². The summed E-state index contributed by atoms with van der Waals surface area (Å²) in [6.07, 6.45) is 6.20. The topological polar surface area (TPSA) is 29.9 Å². The van der Waals surface area contributed by atoms with E-state index in [9.17, 15) is 0 Å². The van der Waals surface area contributed by atoms with Gasteiger partial charge in [-0.05, 0) is 42.8 Å². The number of aryl methyl sites for hydroxylation is 1. The lowest BCUT2D eigenvalue weighted by atomic mass is 10.0. The first kappa shape index (κ1) is 12.8. The first-order chi connectivity index (χ1) is 9.43. The maximum atomic E-state index is 4.22. The average molecular weight is 273 g/mol. The Morgan fingerprint density at radius 2 is 2.26 bits per heavy atom. The summed E-state index contributed by atoms with van der Waals surface area (Å²) in [5.74, 6) is 1.22. The second-order valence-corrected chi connectivity index (χ2v) is 5.94. The van der Waals surface area contributed by atoms with E-state index in [-0.39, 0.29) is 0 Å². The fraction of sp³-hybridized carbons (Fsp3) is 0.400. The van der Waals surface area contributed by atoms with Crippen LogP contribution in [0.1, 0.15) is 24.4 Å². The molecule has 1 aromatic heterocycles. The first-order valence-electron chi connectivity index (χ1n) is 6.86. The molecule has 2 heterocycles. The zero-order valence-electron chi connectivity index (χ0n) is 11.0. The van der Waals surface area contributed by atoms with Crippen molar-refractivity contribution in [3.05, 3.63) is 48.3 Å². The van der Waals surface area contributed by atoms with Crippen LogP contribution in [0.25, 0.3) is 0 Å². The van der Waals surface area contributed by atoms with Crippen molar-refractivity contribution in [2.75, 3.05) is 12.3 Å². The molecule has 0 saturated carbocycles. The highest BCUT2D eigenvalue weighted by Gasteiger charge is 2.19. The summed E-state index contributed by atoms with van der Waals surface area (Å²) < 4.78 is 1.99. The van der Waals surface area contributed by atoms with Crippen LogP contribution in [-0.4, -0.2) is 22.1 Å². The molecule has 1 aromatic carbocycles. The van der Waals surface area contributed by atoms with Crippen molar-refractivity contribution in [1.29, 1.82) is 0 Å². The molecule has 1 atom stereocenters. The number of fused-ring (bicyclic) bond motifs is 1. The smallest absolute Gasteiger partial charge is 0.0489 e. The Morgan fingerprint density at radius 3 is 3.16 bits per heavy atom. The SMILES string of the molecule is c1ccc2c(c1)SCCC2NCCCn1cccn1. The standard InChI is InChI=1S/C15H19N3S/c1-2-6-15-13(5-1)14(7-12-19-15)16-8-3-10-18-11-4-9-17-18/h1-2,4-6,9,11,14,16H,3,7-8,10,12H2. The largest absolute Gasteiger partial charge is 0.310 e. The minimum absolute atomic E-state index is 0.523. The van der Waals surface area contributed by atoms with Crippen LogP contribution in [-0.2, 0) is 6.54 Å². The van der Waals surface area contributed by atoms with Gasteiger partial charge in [-0.1, -0.05) is 18.2 Å². The lowest BCUT2D eigenvalue weighted by Gasteiger charge is -2.26. The van der Waals surface area contributed by atoms with Crippen molar-refractivity contribution in [2.45, 2.75) is 30.3 Å². The van der Waals surface area contributed by atoms with E-state index in [1.807, 2.05) is 34.9 Å². The number of rotatable bonds is 5. The van der Waals surface area contributed by atoms with Gasteiger partial charge in [0.2, 0.25) is 0 Å². The Hall–Kier alpha value is -1.26. The van der Waals surface area contributed by atoms with Gasteiger partial charge in [0.05, 0.1) is 0 Å². The minimum atomic E-state index is 0.523. The first-order valence-corrected chi connectivity index (χ1v) is 7.84. The summed E-state index contributed by atoms with van der Waals surface area (Å²) in [6, 6.07) is 11.3. The third kappa shape index (κ3) is 3.19. The molecule has 1 N–H and O–H groups in total. The van der Waals surface area contributed by atoms with Gasteiger partial charge in [0, 0.05) is 29.9 Å². The molecule has 1 aliphatic heterocycles. The summed E-state index contributed by atoms with van der Waals surface area (Å²) in [7, 11) is 0. The highest BCUT2D eigenvalue weighted by Crippen LogP contribution is 2.35. The van der Waals surface area contributed by atoms with E-state index in [2.05, 4.69) is 34.7 Å². The van der Waals surface area contributed by atoms with Crippen LogP contribution >= 0.6 is 11.8 Å². The van der Waals surface area contributed by atoms with E-state index >= 15 is 0 Å². The lowest BCUT2D eigenvalue weighted by Crippen LogP contribution is -2.26. The third-order valence-electron chi connectivity index (χ3n) is 3.47. The molecule has 3 rings (SSSR count). The van der Waals surface area contributed by atoms with Crippen LogP contribution in [0, 0.1) is 0 Å². The Kier molecular flexibility index (Phi) is 4.20. The van der Waals surface area contributed by atoms with Crippen molar-refractivity contribution in [2.24, 2.45) is 0 Å². The molecule has 3 nitrogen and oxygen atoms in total. The van der Waals surface area contributed by atoms with E-state index in [4.69, 9.17) is 0 Å². The zero-order valence-corrected chi connectivity index (χ0v) is 11.8. The maximum absolute atomic E-state index is 4.22. The highest BCUT2D eigenvalue weighted by molar-refractivity contribution is 7.99. The van der Waals surface area contributed by atoms with Gasteiger partial charge in [-0.2, -0.15) is 5.10 Å². The van der Waals surface area contributed by atoms with Crippen LogP contribution in [0.15, 0.2) is 47.6 Å². The number of nitrogens with zero attached hydrogens (tertiary/aromatic N) is 2. The number of thioether (sulfide) groups is 1. The van der Waals surface area contributed by atoms with E-state index in [1.54, 1.807) is 0 Å². The van der Waals surface area contributed by atoms with E-state index < -0.39 is 0 Å². The average Bonchev–Trinajstić information content (AvgIpc) is 2.97. The van der Waals surface area contributed by atoms with Crippen molar-refractivity contribution in [1.82, 2.24) is 15.1 Å². The predicted octanol–water partition coefficient (Wildman–Crippen LogP) is 3.10. The molecule has 0 saturated heterocycles.